The third-order valence-electron chi connectivity index (χ3n) is 6.00. The number of phenols is 1. The Hall–Kier alpha value is -4.13. The number of carbonyl (C=O) groups is 2. The number of phenolic OH excluding ortho intramolecular Hbond substituents is 1. The van der Waals surface area contributed by atoms with Gasteiger partial charge in [0.15, 0.2) is 0 Å². The van der Waals surface area contributed by atoms with E-state index in [2.05, 4.69) is 4.98 Å². The number of carbonyl (C=O) groups excluding carboxylic acids is 2. The van der Waals surface area contributed by atoms with Crippen molar-refractivity contribution in [3.05, 3.63) is 94.8 Å². The van der Waals surface area contributed by atoms with E-state index in [1.807, 2.05) is 6.92 Å². The van der Waals surface area contributed by atoms with E-state index in [0.717, 1.165) is 16.9 Å². The summed E-state index contributed by atoms with van der Waals surface area (Å²) in [6, 6.07) is 14.3. The predicted molar refractivity (Wildman–Crippen MR) is 120 cm³/mol. The Labute approximate surface area is 190 Å². The van der Waals surface area contributed by atoms with Crippen molar-refractivity contribution in [3.63, 3.8) is 0 Å². The van der Waals surface area contributed by atoms with Crippen LogP contribution in [0.3, 0.4) is 0 Å². The van der Waals surface area contributed by atoms with E-state index in [1.54, 1.807) is 54.9 Å². The van der Waals surface area contributed by atoms with Gasteiger partial charge in [-0.05, 0) is 66.1 Å². The summed E-state index contributed by atoms with van der Waals surface area (Å²) in [6.45, 7) is 2.12. The fourth-order valence-electron chi connectivity index (χ4n) is 4.49. The number of ketones is 1. The molecule has 0 radical (unpaired) electrons. The molecule has 5 rings (SSSR count). The van der Waals surface area contributed by atoms with Gasteiger partial charge in [0.2, 0.25) is 0 Å². The number of fused-ring (bicyclic) bond motifs is 1. The van der Waals surface area contributed by atoms with Crippen LogP contribution < -0.4 is 4.74 Å². The number of pyridine rings is 1. The Kier molecular flexibility index (Phi) is 5.09. The molecule has 2 aliphatic rings. The molecule has 3 aromatic rings. The standard InChI is InChI=1S/C26H22N2O5/c1-15-11-19-12-18(5-6-21(19)33-15)24(30)22-23(17-3-2-4-20(29)13-17)28(26(32)25(22)31)14-16-7-9-27-10-8-16/h2-10,12-13,15,23,29-30H,11,14H2,1H3/b24-22+/t15-,23+/m1/s1. The number of hydrogen-bond acceptors (Lipinski definition) is 6. The average molecular weight is 442 g/mol. The van der Waals surface area contributed by atoms with Gasteiger partial charge < -0.3 is 19.8 Å². The van der Waals surface area contributed by atoms with Crippen molar-refractivity contribution in [2.75, 3.05) is 0 Å². The molecule has 33 heavy (non-hydrogen) atoms. The smallest absolute Gasteiger partial charge is 0.295 e. The number of nitrogens with zero attached hydrogens (tertiary/aromatic N) is 2. The quantitative estimate of drug-likeness (QED) is 0.363. The van der Waals surface area contributed by atoms with Crippen LogP contribution in [0.5, 0.6) is 11.5 Å². The first-order valence-corrected chi connectivity index (χ1v) is 10.7. The normalized spacial score (nSPS) is 21.2. The topological polar surface area (TPSA) is 100.0 Å². The van der Waals surface area contributed by atoms with E-state index >= 15 is 0 Å². The Morgan fingerprint density at radius 1 is 1.12 bits per heavy atom. The van der Waals surface area contributed by atoms with Crippen molar-refractivity contribution in [3.8, 4) is 11.5 Å². The van der Waals surface area contributed by atoms with Gasteiger partial charge in [-0.1, -0.05) is 12.1 Å². The number of aliphatic hydroxyl groups is 1. The van der Waals surface area contributed by atoms with Gasteiger partial charge in [-0.25, -0.2) is 0 Å². The Balaban J connectivity index is 1.64. The number of Topliss-reactive ketones (excluding diaryl/α,β-unsaturated/α-hetero) is 1. The molecule has 3 heterocycles. The van der Waals surface area contributed by atoms with Gasteiger partial charge in [-0.15, -0.1) is 0 Å². The van der Waals surface area contributed by atoms with E-state index in [4.69, 9.17) is 4.74 Å². The number of hydrogen-bond donors (Lipinski definition) is 2. The summed E-state index contributed by atoms with van der Waals surface area (Å²) in [5.74, 6) is -0.964. The minimum Gasteiger partial charge on any atom is -0.508 e. The molecule has 2 aromatic carbocycles. The highest BCUT2D eigenvalue weighted by atomic mass is 16.5. The van der Waals surface area contributed by atoms with Gasteiger partial charge in [-0.2, -0.15) is 0 Å². The fraction of sp³-hybridized carbons (Fsp3) is 0.192. The highest BCUT2D eigenvalue weighted by Crippen LogP contribution is 2.41. The number of rotatable bonds is 4. The van der Waals surface area contributed by atoms with Crippen molar-refractivity contribution in [1.82, 2.24) is 9.88 Å². The van der Waals surface area contributed by atoms with Gasteiger partial charge in [0.25, 0.3) is 11.7 Å². The van der Waals surface area contributed by atoms with Gasteiger partial charge in [0.1, 0.15) is 23.4 Å². The van der Waals surface area contributed by atoms with E-state index < -0.39 is 17.7 Å². The molecule has 166 valence electrons. The minimum atomic E-state index is -0.853. The molecule has 1 saturated heterocycles. The molecule has 1 fully saturated rings. The van der Waals surface area contributed by atoms with Crippen LogP contribution in [0, 0.1) is 0 Å². The Morgan fingerprint density at radius 3 is 2.67 bits per heavy atom. The van der Waals surface area contributed by atoms with Crippen LogP contribution in [0.1, 0.15) is 35.2 Å². The van der Waals surface area contributed by atoms with Gasteiger partial charge in [0.05, 0.1) is 11.6 Å². The summed E-state index contributed by atoms with van der Waals surface area (Å²) in [4.78, 5) is 31.7. The molecule has 0 spiro atoms. The molecular weight excluding hydrogens is 420 g/mol. The van der Waals surface area contributed by atoms with Crippen LogP contribution in [-0.4, -0.2) is 37.9 Å². The van der Waals surface area contributed by atoms with Crippen molar-refractivity contribution in [1.29, 1.82) is 0 Å². The molecule has 7 heteroatoms. The highest BCUT2D eigenvalue weighted by Gasteiger charge is 2.46. The molecule has 7 nitrogen and oxygen atoms in total. The first-order valence-electron chi connectivity index (χ1n) is 10.7. The maximum Gasteiger partial charge on any atom is 0.295 e. The second kappa shape index (κ2) is 8.09. The van der Waals surface area contributed by atoms with Crippen molar-refractivity contribution in [2.45, 2.75) is 32.0 Å². The average Bonchev–Trinajstić information content (AvgIpc) is 3.30. The molecule has 1 amide bonds. The lowest BCUT2D eigenvalue weighted by molar-refractivity contribution is -0.140. The van der Waals surface area contributed by atoms with E-state index in [0.29, 0.717) is 17.5 Å². The van der Waals surface area contributed by atoms with Gasteiger partial charge >= 0.3 is 0 Å². The van der Waals surface area contributed by atoms with Crippen LogP contribution >= 0.6 is 0 Å². The van der Waals surface area contributed by atoms with Crippen LogP contribution in [0.2, 0.25) is 0 Å². The number of likely N-dealkylation sites (tertiary alicyclic amines) is 1. The highest BCUT2D eigenvalue weighted by molar-refractivity contribution is 6.46. The Morgan fingerprint density at radius 2 is 1.91 bits per heavy atom. The zero-order chi connectivity index (χ0) is 23.1. The van der Waals surface area contributed by atoms with Crippen molar-refractivity contribution >= 4 is 17.4 Å². The first-order chi connectivity index (χ1) is 15.9. The third kappa shape index (κ3) is 3.71. The monoisotopic (exact) mass is 442 g/mol. The Bertz CT molecular complexity index is 1280. The summed E-state index contributed by atoms with van der Waals surface area (Å²) in [5.41, 5.74) is 2.69. The van der Waals surface area contributed by atoms with E-state index in [-0.39, 0.29) is 29.7 Å². The fourth-order valence-corrected chi connectivity index (χ4v) is 4.49. The molecule has 2 atom stereocenters. The second-order valence-electron chi connectivity index (χ2n) is 8.33. The van der Waals surface area contributed by atoms with Crippen LogP contribution in [0.4, 0.5) is 0 Å². The van der Waals surface area contributed by atoms with Crippen molar-refractivity contribution < 1.29 is 24.5 Å². The van der Waals surface area contributed by atoms with E-state index in [1.165, 1.54) is 17.0 Å². The molecule has 0 bridgehead atoms. The number of benzene rings is 2. The maximum absolute atomic E-state index is 13.2. The summed E-state index contributed by atoms with van der Waals surface area (Å²) < 4.78 is 5.73. The molecule has 0 saturated carbocycles. The van der Waals surface area contributed by atoms with Crippen LogP contribution in [-0.2, 0) is 22.6 Å². The molecule has 2 aliphatic heterocycles. The number of ether oxygens (including phenoxy) is 1. The minimum absolute atomic E-state index is 0.00525. The summed E-state index contributed by atoms with van der Waals surface area (Å²) >= 11 is 0. The lowest BCUT2D eigenvalue weighted by Crippen LogP contribution is -2.29. The van der Waals surface area contributed by atoms with Gasteiger partial charge in [0, 0.05) is 30.9 Å². The molecule has 2 N–H and O–H groups in total. The molecule has 0 unspecified atom stereocenters. The molecular formula is C26H22N2O5. The molecule has 0 aliphatic carbocycles. The number of aromatic nitrogens is 1. The lowest BCUT2D eigenvalue weighted by Gasteiger charge is -2.25. The zero-order valence-corrected chi connectivity index (χ0v) is 17.9. The maximum atomic E-state index is 13.2. The largest absolute Gasteiger partial charge is 0.508 e. The lowest BCUT2D eigenvalue weighted by atomic mass is 9.94. The molecule has 1 aromatic heterocycles. The first kappa shape index (κ1) is 20.8. The van der Waals surface area contributed by atoms with E-state index in [9.17, 15) is 19.8 Å². The van der Waals surface area contributed by atoms with Crippen LogP contribution in [0.15, 0.2) is 72.6 Å². The van der Waals surface area contributed by atoms with Crippen molar-refractivity contribution in [2.24, 2.45) is 0 Å². The van der Waals surface area contributed by atoms with Crippen LogP contribution in [0.25, 0.3) is 5.76 Å². The summed E-state index contributed by atoms with van der Waals surface area (Å²) in [7, 11) is 0. The predicted octanol–water partition coefficient (Wildman–Crippen LogP) is 3.73. The number of aliphatic hydroxyl groups excluding tert-OH is 1. The van der Waals surface area contributed by atoms with Gasteiger partial charge in [-0.3, -0.25) is 14.6 Å². The number of amides is 1. The second-order valence-corrected chi connectivity index (χ2v) is 8.33. The SMILES string of the molecule is C[C@@H]1Cc2cc(/C(O)=C3\C(=O)C(=O)N(Cc4ccncc4)[C@H]3c3cccc(O)c3)ccc2O1. The third-order valence-corrected chi connectivity index (χ3v) is 6.00. The zero-order valence-electron chi connectivity index (χ0n) is 17.9. The number of aromatic hydroxyl groups is 1. The summed E-state index contributed by atoms with van der Waals surface area (Å²) in [5, 5.41) is 21.3. The summed E-state index contributed by atoms with van der Waals surface area (Å²) in [6.07, 6.45) is 3.96.